The number of hydrogen-bond donors (Lipinski definition) is 0. The standard InChI is InChI=1S/C12H24O5S2/c1-5-6-7-11(17-19(4,14)15)8-9-16-12(18-13)10(2)3/h10-11H,5-9H2,1-4H3. The number of rotatable bonds is 9. The predicted octanol–water partition coefficient (Wildman–Crippen LogP) is 1.93. The first kappa shape index (κ1) is 18.8. The van der Waals surface area contributed by atoms with Crippen LogP contribution < -0.4 is 0 Å². The van der Waals surface area contributed by atoms with Gasteiger partial charge in [-0.1, -0.05) is 33.6 Å². The Kier molecular flexibility index (Phi) is 9.51. The van der Waals surface area contributed by atoms with Crippen LogP contribution in [0.4, 0.5) is 0 Å². The molecule has 1 unspecified atom stereocenters. The zero-order valence-corrected chi connectivity index (χ0v) is 13.7. The van der Waals surface area contributed by atoms with Gasteiger partial charge in [0.25, 0.3) is 10.1 Å². The molecule has 0 spiro atoms. The maximum Gasteiger partial charge on any atom is 0.264 e. The Bertz CT molecular complexity index is 396. The van der Waals surface area contributed by atoms with E-state index in [2.05, 4.69) is 0 Å². The molecule has 19 heavy (non-hydrogen) atoms. The van der Waals surface area contributed by atoms with E-state index in [1.165, 1.54) is 0 Å². The average molecular weight is 312 g/mol. The summed E-state index contributed by atoms with van der Waals surface area (Å²) in [5.41, 5.74) is 0. The van der Waals surface area contributed by atoms with Crippen molar-refractivity contribution in [2.75, 3.05) is 12.9 Å². The van der Waals surface area contributed by atoms with Crippen LogP contribution in [0.25, 0.3) is 0 Å². The SMILES string of the molecule is CCCCC(CCOC(=S=O)C(C)C)OS(C)(=O)=O. The first-order valence-corrected chi connectivity index (χ1v) is 9.03. The number of unbranched alkanes of at least 4 members (excludes halogenated alkanes) is 1. The van der Waals surface area contributed by atoms with Crippen LogP contribution in [0.1, 0.15) is 46.5 Å². The monoisotopic (exact) mass is 312 g/mol. The highest BCUT2D eigenvalue weighted by atomic mass is 32.2. The fourth-order valence-electron chi connectivity index (χ4n) is 1.50. The second-order valence-electron chi connectivity index (χ2n) is 4.76. The van der Waals surface area contributed by atoms with Gasteiger partial charge in [-0.3, -0.25) is 4.18 Å². The Morgan fingerprint density at radius 3 is 2.32 bits per heavy atom. The van der Waals surface area contributed by atoms with Crippen molar-refractivity contribution in [2.45, 2.75) is 52.6 Å². The molecular weight excluding hydrogens is 288 g/mol. The van der Waals surface area contributed by atoms with E-state index in [0.29, 0.717) is 35.8 Å². The van der Waals surface area contributed by atoms with E-state index in [0.717, 1.165) is 19.1 Å². The van der Waals surface area contributed by atoms with Crippen molar-refractivity contribution in [3.63, 3.8) is 0 Å². The predicted molar refractivity (Wildman–Crippen MR) is 77.8 cm³/mol. The van der Waals surface area contributed by atoms with Crippen LogP contribution in [-0.2, 0) is 30.3 Å². The molecule has 1 atom stereocenters. The van der Waals surface area contributed by atoms with Gasteiger partial charge in [0.05, 0.1) is 19.0 Å². The van der Waals surface area contributed by atoms with Crippen molar-refractivity contribution in [3.05, 3.63) is 0 Å². The molecule has 0 N–H and O–H groups in total. The molecule has 0 bridgehead atoms. The molecule has 0 amide bonds. The van der Waals surface area contributed by atoms with E-state index in [4.69, 9.17) is 8.92 Å². The fraction of sp³-hybridized carbons (Fsp3) is 0.917. The minimum atomic E-state index is -3.46. The highest BCUT2D eigenvalue weighted by Gasteiger charge is 2.16. The normalized spacial score (nSPS) is 13.5. The van der Waals surface area contributed by atoms with Crippen LogP contribution >= 0.6 is 0 Å². The van der Waals surface area contributed by atoms with Gasteiger partial charge in [0, 0.05) is 5.92 Å². The van der Waals surface area contributed by atoms with Gasteiger partial charge in [-0.25, -0.2) is 4.21 Å². The smallest absolute Gasteiger partial charge is 0.264 e. The molecule has 0 radical (unpaired) electrons. The van der Waals surface area contributed by atoms with Gasteiger partial charge in [0.1, 0.15) is 16.3 Å². The number of hydrogen-bond acceptors (Lipinski definition) is 5. The molecule has 0 rings (SSSR count). The van der Waals surface area contributed by atoms with Crippen LogP contribution in [0, 0.1) is 5.92 Å². The van der Waals surface area contributed by atoms with Crippen LogP contribution in [0.15, 0.2) is 0 Å². The van der Waals surface area contributed by atoms with Crippen molar-refractivity contribution in [1.82, 2.24) is 0 Å². The van der Waals surface area contributed by atoms with E-state index in [9.17, 15) is 12.6 Å². The molecule has 0 saturated heterocycles. The summed E-state index contributed by atoms with van der Waals surface area (Å²) < 4.78 is 43.4. The van der Waals surface area contributed by atoms with E-state index in [1.54, 1.807) is 0 Å². The largest absolute Gasteiger partial charge is 0.337 e. The highest BCUT2D eigenvalue weighted by Crippen LogP contribution is 2.12. The van der Waals surface area contributed by atoms with E-state index in [1.807, 2.05) is 20.8 Å². The summed E-state index contributed by atoms with van der Waals surface area (Å²) in [4.78, 5) is 0. The van der Waals surface area contributed by atoms with Crippen LogP contribution in [0.3, 0.4) is 0 Å². The lowest BCUT2D eigenvalue weighted by atomic mass is 10.1. The molecule has 0 aliphatic heterocycles. The van der Waals surface area contributed by atoms with Crippen LogP contribution in [0.2, 0.25) is 0 Å². The maximum absolute atomic E-state index is 11.1. The zero-order valence-electron chi connectivity index (χ0n) is 12.0. The van der Waals surface area contributed by atoms with Crippen molar-refractivity contribution in [3.8, 4) is 0 Å². The lowest BCUT2D eigenvalue weighted by Gasteiger charge is -2.16. The van der Waals surface area contributed by atoms with Crippen molar-refractivity contribution in [1.29, 1.82) is 0 Å². The lowest BCUT2D eigenvalue weighted by Crippen LogP contribution is -2.21. The Morgan fingerprint density at radius 1 is 1.26 bits per heavy atom. The summed E-state index contributed by atoms with van der Waals surface area (Å²) in [5.74, 6) is 0.0485. The molecule has 5 nitrogen and oxygen atoms in total. The summed E-state index contributed by atoms with van der Waals surface area (Å²) in [6, 6.07) is 0. The van der Waals surface area contributed by atoms with Gasteiger partial charge in [-0.2, -0.15) is 8.42 Å². The van der Waals surface area contributed by atoms with E-state index in [-0.39, 0.29) is 12.0 Å². The van der Waals surface area contributed by atoms with Crippen molar-refractivity contribution < 1.29 is 21.5 Å². The molecule has 0 aliphatic carbocycles. The maximum atomic E-state index is 11.1. The van der Waals surface area contributed by atoms with Gasteiger partial charge < -0.3 is 4.74 Å². The molecule has 0 heterocycles. The summed E-state index contributed by atoms with van der Waals surface area (Å²) in [6.07, 6.45) is 3.69. The fourth-order valence-corrected chi connectivity index (χ4v) is 2.51. The average Bonchev–Trinajstić information content (AvgIpc) is 2.29. The highest BCUT2D eigenvalue weighted by molar-refractivity contribution is 7.86. The molecule has 7 heteroatoms. The summed E-state index contributed by atoms with van der Waals surface area (Å²) >= 11 is 0.346. The third-order valence-corrected chi connectivity index (χ3v) is 3.80. The molecule has 0 aliphatic rings. The third-order valence-electron chi connectivity index (χ3n) is 2.43. The molecule has 0 aromatic rings. The summed E-state index contributed by atoms with van der Waals surface area (Å²) in [6.45, 7) is 6.09. The molecule has 114 valence electrons. The van der Waals surface area contributed by atoms with Gasteiger partial charge in [0.15, 0.2) is 0 Å². The second kappa shape index (κ2) is 9.63. The Hall–Kier alpha value is -0.240. The summed E-state index contributed by atoms with van der Waals surface area (Å²) in [7, 11) is -3.46. The Balaban J connectivity index is 4.30. The van der Waals surface area contributed by atoms with Gasteiger partial charge in [0.2, 0.25) is 0 Å². The zero-order chi connectivity index (χ0) is 14.9. The van der Waals surface area contributed by atoms with Crippen LogP contribution in [0.5, 0.6) is 0 Å². The molecule has 0 aromatic heterocycles. The number of ether oxygens (including phenoxy) is 1. The first-order valence-electron chi connectivity index (χ1n) is 6.47. The molecule has 0 saturated carbocycles. The minimum absolute atomic E-state index is 0.0485. The first-order chi connectivity index (χ1) is 8.80. The molecule has 0 aromatic carbocycles. The topological polar surface area (TPSA) is 69.7 Å². The Morgan fingerprint density at radius 2 is 1.89 bits per heavy atom. The summed E-state index contributed by atoms with van der Waals surface area (Å²) in [5, 5.41) is 0.425. The Labute approximate surface area is 119 Å². The van der Waals surface area contributed by atoms with Crippen molar-refractivity contribution >= 4 is 26.4 Å². The van der Waals surface area contributed by atoms with Crippen LogP contribution in [-0.4, -0.2) is 36.6 Å². The van der Waals surface area contributed by atoms with E-state index >= 15 is 0 Å². The lowest BCUT2D eigenvalue weighted by molar-refractivity contribution is 0.154. The van der Waals surface area contributed by atoms with Gasteiger partial charge in [-0.05, 0) is 12.8 Å². The van der Waals surface area contributed by atoms with E-state index < -0.39 is 10.1 Å². The van der Waals surface area contributed by atoms with Crippen molar-refractivity contribution in [2.24, 2.45) is 5.92 Å². The molecular formula is C12H24O5S2. The second-order valence-corrected chi connectivity index (χ2v) is 6.93. The quantitative estimate of drug-likeness (QED) is 0.480. The minimum Gasteiger partial charge on any atom is -0.337 e. The van der Waals surface area contributed by atoms with Gasteiger partial charge in [-0.15, -0.1) is 0 Å². The van der Waals surface area contributed by atoms with Gasteiger partial charge >= 0.3 is 0 Å². The molecule has 0 fully saturated rings. The third kappa shape index (κ3) is 10.2.